The maximum atomic E-state index is 12.3. The van der Waals surface area contributed by atoms with Gasteiger partial charge >= 0.3 is 0 Å². The quantitative estimate of drug-likeness (QED) is 0.810. The van der Waals surface area contributed by atoms with Crippen molar-refractivity contribution in [3.63, 3.8) is 0 Å². The summed E-state index contributed by atoms with van der Waals surface area (Å²) in [5.74, 6) is 1.63. The lowest BCUT2D eigenvalue weighted by molar-refractivity contribution is 0.0734. The van der Waals surface area contributed by atoms with Crippen LogP contribution in [0.5, 0.6) is 0 Å². The molecule has 4 nitrogen and oxygen atoms in total. The molecule has 1 fully saturated rings. The first kappa shape index (κ1) is 13.1. The number of nitrogens with zero attached hydrogens (tertiary/aromatic N) is 2. The zero-order valence-electron chi connectivity index (χ0n) is 11.5. The summed E-state index contributed by atoms with van der Waals surface area (Å²) in [5.41, 5.74) is 0.452. The van der Waals surface area contributed by atoms with Crippen LogP contribution in [-0.4, -0.2) is 29.1 Å². The van der Waals surface area contributed by atoms with Crippen LogP contribution in [0.2, 0.25) is 0 Å². The Hall–Kier alpha value is -1.32. The summed E-state index contributed by atoms with van der Waals surface area (Å²) >= 11 is 0. The molecule has 0 spiro atoms. The summed E-state index contributed by atoms with van der Waals surface area (Å²) in [4.78, 5) is 14.3. The van der Waals surface area contributed by atoms with Gasteiger partial charge in [-0.1, -0.05) is 32.3 Å². The van der Waals surface area contributed by atoms with Crippen molar-refractivity contribution in [3.05, 3.63) is 17.5 Å². The van der Waals surface area contributed by atoms with Gasteiger partial charge < -0.3 is 9.42 Å². The normalized spacial score (nSPS) is 21.1. The van der Waals surface area contributed by atoms with E-state index in [1.165, 1.54) is 12.8 Å². The van der Waals surface area contributed by atoms with E-state index in [0.717, 1.165) is 25.3 Å². The molecule has 2 rings (SSSR count). The SMILES string of the molecule is CC(C)c1cc(C(=O)N2CCCC[C@@H](C)C2)no1. The second kappa shape index (κ2) is 5.55. The van der Waals surface area contributed by atoms with Gasteiger partial charge in [-0.05, 0) is 18.8 Å². The molecule has 0 N–H and O–H groups in total. The summed E-state index contributed by atoms with van der Waals surface area (Å²) < 4.78 is 5.20. The molecule has 1 aliphatic heterocycles. The molecule has 18 heavy (non-hydrogen) atoms. The molecule has 0 aromatic carbocycles. The first-order valence-corrected chi connectivity index (χ1v) is 6.84. The molecule has 1 aromatic heterocycles. The number of carbonyl (C=O) groups is 1. The van der Waals surface area contributed by atoms with Crippen molar-refractivity contribution in [2.75, 3.05) is 13.1 Å². The van der Waals surface area contributed by atoms with Crippen molar-refractivity contribution >= 4 is 5.91 Å². The molecule has 0 saturated carbocycles. The van der Waals surface area contributed by atoms with Gasteiger partial charge in [0.25, 0.3) is 5.91 Å². The van der Waals surface area contributed by atoms with Crippen molar-refractivity contribution in [2.45, 2.75) is 46.0 Å². The Balaban J connectivity index is 2.09. The largest absolute Gasteiger partial charge is 0.360 e. The molecule has 1 aliphatic rings. The average molecular weight is 250 g/mol. The summed E-state index contributed by atoms with van der Waals surface area (Å²) in [6.07, 6.45) is 3.51. The highest BCUT2D eigenvalue weighted by atomic mass is 16.5. The molecule has 4 heteroatoms. The molecular formula is C14H22N2O2. The number of rotatable bonds is 2. The highest BCUT2D eigenvalue weighted by Crippen LogP contribution is 2.20. The predicted octanol–water partition coefficient (Wildman–Crippen LogP) is 3.06. The van der Waals surface area contributed by atoms with E-state index in [4.69, 9.17) is 4.52 Å². The minimum atomic E-state index is 0.0133. The lowest BCUT2D eigenvalue weighted by Gasteiger charge is -2.21. The molecule has 0 radical (unpaired) electrons. The van der Waals surface area contributed by atoms with E-state index in [2.05, 4.69) is 12.1 Å². The Bertz CT molecular complexity index is 412. The number of hydrogen-bond donors (Lipinski definition) is 0. The number of carbonyl (C=O) groups excluding carboxylic acids is 1. The maximum absolute atomic E-state index is 12.3. The second-order valence-electron chi connectivity index (χ2n) is 5.62. The van der Waals surface area contributed by atoms with Crippen molar-refractivity contribution in [1.82, 2.24) is 10.1 Å². The van der Waals surface area contributed by atoms with E-state index in [0.29, 0.717) is 11.6 Å². The summed E-state index contributed by atoms with van der Waals surface area (Å²) in [6.45, 7) is 7.94. The molecule has 1 saturated heterocycles. The van der Waals surface area contributed by atoms with E-state index in [1.54, 1.807) is 6.07 Å². The van der Waals surface area contributed by atoms with Crippen molar-refractivity contribution in [3.8, 4) is 0 Å². The molecule has 0 bridgehead atoms. The van der Waals surface area contributed by atoms with Gasteiger partial charge in [0.1, 0.15) is 5.76 Å². The van der Waals surface area contributed by atoms with E-state index in [1.807, 2.05) is 18.7 Å². The standard InChI is InChI=1S/C14H22N2O2/c1-10(2)13-8-12(15-18-13)14(17)16-7-5-4-6-11(3)9-16/h8,10-11H,4-7,9H2,1-3H3/t11-/m1/s1. The van der Waals surface area contributed by atoms with E-state index < -0.39 is 0 Å². The molecular weight excluding hydrogens is 228 g/mol. The average Bonchev–Trinajstić information content (AvgIpc) is 2.72. The molecule has 1 atom stereocenters. The molecule has 1 amide bonds. The topological polar surface area (TPSA) is 46.3 Å². The molecule has 2 heterocycles. The van der Waals surface area contributed by atoms with Gasteiger partial charge in [0.2, 0.25) is 0 Å². The number of likely N-dealkylation sites (tertiary alicyclic amines) is 1. The zero-order valence-corrected chi connectivity index (χ0v) is 11.5. The minimum Gasteiger partial charge on any atom is -0.360 e. The smallest absolute Gasteiger partial charge is 0.276 e. The molecule has 0 unspecified atom stereocenters. The maximum Gasteiger partial charge on any atom is 0.276 e. The first-order chi connectivity index (χ1) is 8.58. The first-order valence-electron chi connectivity index (χ1n) is 6.84. The van der Waals surface area contributed by atoms with Crippen LogP contribution in [0.1, 0.15) is 62.2 Å². The van der Waals surface area contributed by atoms with Crippen LogP contribution in [0, 0.1) is 5.92 Å². The van der Waals surface area contributed by atoms with Gasteiger partial charge in [0, 0.05) is 25.1 Å². The van der Waals surface area contributed by atoms with Crippen molar-refractivity contribution in [1.29, 1.82) is 0 Å². The van der Waals surface area contributed by atoms with E-state index >= 15 is 0 Å². The Morgan fingerprint density at radius 1 is 1.50 bits per heavy atom. The van der Waals surface area contributed by atoms with Crippen LogP contribution in [-0.2, 0) is 0 Å². The third-order valence-corrected chi connectivity index (χ3v) is 3.51. The Morgan fingerprint density at radius 2 is 2.28 bits per heavy atom. The predicted molar refractivity (Wildman–Crippen MR) is 69.5 cm³/mol. The summed E-state index contributed by atoms with van der Waals surface area (Å²) in [6, 6.07) is 1.78. The van der Waals surface area contributed by atoms with Crippen molar-refractivity contribution in [2.24, 2.45) is 5.92 Å². The monoisotopic (exact) mass is 250 g/mol. The molecule has 100 valence electrons. The highest BCUT2D eigenvalue weighted by molar-refractivity contribution is 5.92. The Kier molecular flexibility index (Phi) is 4.04. The fourth-order valence-electron chi connectivity index (χ4n) is 2.36. The van der Waals surface area contributed by atoms with Crippen LogP contribution < -0.4 is 0 Å². The van der Waals surface area contributed by atoms with Crippen LogP contribution in [0.15, 0.2) is 10.6 Å². The lowest BCUT2D eigenvalue weighted by atomic mass is 10.1. The number of aromatic nitrogens is 1. The summed E-state index contributed by atoms with van der Waals surface area (Å²) in [7, 11) is 0. The van der Waals surface area contributed by atoms with Gasteiger partial charge in [0.15, 0.2) is 5.69 Å². The van der Waals surface area contributed by atoms with Crippen LogP contribution in [0.3, 0.4) is 0 Å². The van der Waals surface area contributed by atoms with Gasteiger partial charge in [-0.25, -0.2) is 0 Å². The Morgan fingerprint density at radius 3 is 2.94 bits per heavy atom. The second-order valence-corrected chi connectivity index (χ2v) is 5.62. The molecule has 1 aromatic rings. The summed E-state index contributed by atoms with van der Waals surface area (Å²) in [5, 5.41) is 3.90. The Labute approximate surface area is 108 Å². The van der Waals surface area contributed by atoms with Gasteiger partial charge in [0.05, 0.1) is 0 Å². The minimum absolute atomic E-state index is 0.0133. The van der Waals surface area contributed by atoms with Gasteiger partial charge in [-0.15, -0.1) is 0 Å². The van der Waals surface area contributed by atoms with Crippen LogP contribution >= 0.6 is 0 Å². The lowest BCUT2D eigenvalue weighted by Crippen LogP contribution is -2.34. The molecule has 0 aliphatic carbocycles. The fourth-order valence-corrected chi connectivity index (χ4v) is 2.36. The van der Waals surface area contributed by atoms with Gasteiger partial charge in [-0.2, -0.15) is 0 Å². The van der Waals surface area contributed by atoms with Gasteiger partial charge in [-0.3, -0.25) is 4.79 Å². The van der Waals surface area contributed by atoms with E-state index in [9.17, 15) is 4.79 Å². The van der Waals surface area contributed by atoms with Crippen LogP contribution in [0.4, 0.5) is 0 Å². The third-order valence-electron chi connectivity index (χ3n) is 3.51. The zero-order chi connectivity index (χ0) is 13.1. The fraction of sp³-hybridized carbons (Fsp3) is 0.714. The number of hydrogen-bond acceptors (Lipinski definition) is 3. The third kappa shape index (κ3) is 2.92. The highest BCUT2D eigenvalue weighted by Gasteiger charge is 2.23. The van der Waals surface area contributed by atoms with Crippen molar-refractivity contribution < 1.29 is 9.32 Å². The number of amides is 1. The van der Waals surface area contributed by atoms with Crippen LogP contribution in [0.25, 0.3) is 0 Å². The van der Waals surface area contributed by atoms with E-state index in [-0.39, 0.29) is 11.8 Å².